The lowest BCUT2D eigenvalue weighted by Crippen LogP contribution is -2.42. The molecule has 1 aliphatic heterocycles. The maximum atomic E-state index is 12.1. The predicted molar refractivity (Wildman–Crippen MR) is 93.0 cm³/mol. The number of aromatic nitrogens is 3. The number of hydrogen-bond donors (Lipinski definition) is 2. The molecular weight excluding hydrogens is 316 g/mol. The Labute approximate surface area is 147 Å². The molecule has 25 heavy (non-hydrogen) atoms. The summed E-state index contributed by atoms with van der Waals surface area (Å²) in [6, 6.07) is 10.5. The van der Waals surface area contributed by atoms with Crippen LogP contribution in [-0.4, -0.2) is 44.2 Å². The fourth-order valence-electron chi connectivity index (χ4n) is 4.71. The summed E-state index contributed by atoms with van der Waals surface area (Å²) < 4.78 is 0. The van der Waals surface area contributed by atoms with Crippen molar-refractivity contribution in [3.63, 3.8) is 0 Å². The average Bonchev–Trinajstić information content (AvgIpc) is 3.18. The van der Waals surface area contributed by atoms with Gasteiger partial charge in [0.15, 0.2) is 5.82 Å². The number of aliphatic carboxylic acids is 1. The number of carboxylic acid groups (broad SMARTS) is 1. The highest BCUT2D eigenvalue weighted by Gasteiger charge is 2.54. The Hall–Kier alpha value is -2.21. The molecule has 2 aromatic rings. The number of nitrogens with zero attached hydrogens (tertiary/aromatic N) is 3. The van der Waals surface area contributed by atoms with Gasteiger partial charge >= 0.3 is 5.97 Å². The molecule has 3 atom stereocenters. The summed E-state index contributed by atoms with van der Waals surface area (Å²) in [5.41, 5.74) is 0.723. The van der Waals surface area contributed by atoms with E-state index >= 15 is 0 Å². The first kappa shape index (κ1) is 16.3. The van der Waals surface area contributed by atoms with Crippen molar-refractivity contribution < 1.29 is 9.90 Å². The Bertz CT molecular complexity index is 760. The molecule has 1 aromatic heterocycles. The van der Waals surface area contributed by atoms with Gasteiger partial charge in [0.05, 0.1) is 12.0 Å². The highest BCUT2D eigenvalue weighted by Crippen LogP contribution is 2.51. The van der Waals surface area contributed by atoms with Crippen LogP contribution in [0.4, 0.5) is 0 Å². The van der Waals surface area contributed by atoms with Crippen molar-refractivity contribution in [2.24, 2.45) is 11.3 Å². The van der Waals surface area contributed by atoms with E-state index in [0.717, 1.165) is 37.5 Å². The lowest BCUT2D eigenvalue weighted by Gasteiger charge is -2.38. The maximum Gasteiger partial charge on any atom is 0.311 e. The zero-order valence-corrected chi connectivity index (χ0v) is 14.5. The van der Waals surface area contributed by atoms with Crippen molar-refractivity contribution in [3.8, 4) is 0 Å². The normalized spacial score (nSPS) is 29.5. The van der Waals surface area contributed by atoms with Crippen molar-refractivity contribution in [2.45, 2.75) is 38.6 Å². The number of carbonyl (C=O) groups is 1. The van der Waals surface area contributed by atoms with E-state index in [9.17, 15) is 9.90 Å². The zero-order chi connectivity index (χ0) is 17.4. The molecule has 4 rings (SSSR count). The van der Waals surface area contributed by atoms with E-state index in [1.165, 1.54) is 5.56 Å². The molecule has 1 aliphatic carbocycles. The second-order valence-corrected chi connectivity index (χ2v) is 7.55. The van der Waals surface area contributed by atoms with Crippen LogP contribution in [0.2, 0.25) is 0 Å². The summed E-state index contributed by atoms with van der Waals surface area (Å²) in [5.74, 6) is 1.55. The van der Waals surface area contributed by atoms with Crippen LogP contribution in [0.25, 0.3) is 0 Å². The predicted octanol–water partition coefficient (Wildman–Crippen LogP) is 2.58. The van der Waals surface area contributed by atoms with Crippen LogP contribution in [0, 0.1) is 18.3 Å². The summed E-state index contributed by atoms with van der Waals surface area (Å²) in [4.78, 5) is 18.7. The van der Waals surface area contributed by atoms with Crippen LogP contribution in [-0.2, 0) is 11.3 Å². The van der Waals surface area contributed by atoms with Gasteiger partial charge in [-0.05, 0) is 43.6 Å². The molecule has 2 aliphatic rings. The number of hydrogen-bond acceptors (Lipinski definition) is 4. The minimum Gasteiger partial charge on any atom is -0.481 e. The standard InChI is InChI=1S/C19H24N4O2/c1-13-20-17(22-21-13)11-23-10-16-9-15(14-5-3-2-4-6-14)7-8-19(16,12-23)18(24)25/h2-6,15-16H,7-12H2,1H3,(H,24,25)(H,20,21,22)/t15-,16-,19-/m0/s1. The van der Waals surface area contributed by atoms with Crippen LogP contribution < -0.4 is 0 Å². The summed E-state index contributed by atoms with van der Waals surface area (Å²) in [7, 11) is 0. The van der Waals surface area contributed by atoms with E-state index in [0.29, 0.717) is 19.0 Å². The molecule has 6 heteroatoms. The lowest BCUT2D eigenvalue weighted by molar-refractivity contribution is -0.152. The van der Waals surface area contributed by atoms with E-state index in [1.807, 2.05) is 13.0 Å². The molecule has 1 saturated carbocycles. The van der Waals surface area contributed by atoms with Gasteiger partial charge in [-0.15, -0.1) is 0 Å². The third kappa shape index (κ3) is 2.95. The number of carboxylic acids is 1. The summed E-state index contributed by atoms with van der Waals surface area (Å²) in [6.45, 7) is 3.90. The van der Waals surface area contributed by atoms with Crippen LogP contribution in [0.15, 0.2) is 30.3 Å². The summed E-state index contributed by atoms with van der Waals surface area (Å²) in [5, 5.41) is 17.0. The van der Waals surface area contributed by atoms with Gasteiger partial charge in [0, 0.05) is 13.1 Å². The SMILES string of the molecule is Cc1nc(CN2C[C@@H]3C[C@@H](c4ccccc4)CC[C@]3(C(=O)O)C2)n[nH]1. The van der Waals surface area contributed by atoms with Crippen LogP contribution in [0.5, 0.6) is 0 Å². The number of rotatable bonds is 4. The molecule has 1 aromatic carbocycles. The van der Waals surface area contributed by atoms with Gasteiger partial charge in [-0.1, -0.05) is 30.3 Å². The van der Waals surface area contributed by atoms with Gasteiger partial charge in [0.25, 0.3) is 0 Å². The van der Waals surface area contributed by atoms with Gasteiger partial charge in [-0.3, -0.25) is 14.8 Å². The molecule has 0 spiro atoms. The van der Waals surface area contributed by atoms with Gasteiger partial charge < -0.3 is 5.11 Å². The Balaban J connectivity index is 1.52. The van der Waals surface area contributed by atoms with E-state index in [1.54, 1.807) is 0 Å². The minimum absolute atomic E-state index is 0.184. The van der Waals surface area contributed by atoms with Gasteiger partial charge in [0.2, 0.25) is 0 Å². The van der Waals surface area contributed by atoms with E-state index < -0.39 is 11.4 Å². The first-order valence-corrected chi connectivity index (χ1v) is 8.95. The topological polar surface area (TPSA) is 82.1 Å². The Morgan fingerprint density at radius 1 is 1.40 bits per heavy atom. The van der Waals surface area contributed by atoms with Crippen molar-refractivity contribution in [1.82, 2.24) is 20.1 Å². The highest BCUT2D eigenvalue weighted by atomic mass is 16.4. The second kappa shape index (κ2) is 6.26. The van der Waals surface area contributed by atoms with E-state index in [4.69, 9.17) is 0 Å². The third-order valence-electron chi connectivity index (χ3n) is 5.98. The quantitative estimate of drug-likeness (QED) is 0.894. The molecule has 2 N–H and O–H groups in total. The average molecular weight is 340 g/mol. The van der Waals surface area contributed by atoms with Gasteiger partial charge in [0.1, 0.15) is 5.82 Å². The number of nitrogens with one attached hydrogen (secondary N) is 1. The number of benzene rings is 1. The molecule has 6 nitrogen and oxygen atoms in total. The Morgan fingerprint density at radius 3 is 2.88 bits per heavy atom. The van der Waals surface area contributed by atoms with Gasteiger partial charge in [-0.2, -0.15) is 5.10 Å². The molecule has 0 unspecified atom stereocenters. The smallest absolute Gasteiger partial charge is 0.311 e. The molecule has 2 fully saturated rings. The minimum atomic E-state index is -0.641. The number of aryl methyl sites for hydroxylation is 1. The van der Waals surface area contributed by atoms with Gasteiger partial charge in [-0.25, -0.2) is 4.98 Å². The number of aromatic amines is 1. The van der Waals surface area contributed by atoms with Crippen molar-refractivity contribution >= 4 is 5.97 Å². The first-order chi connectivity index (χ1) is 12.1. The summed E-state index contributed by atoms with van der Waals surface area (Å²) in [6.07, 6.45) is 2.64. The molecule has 0 bridgehead atoms. The zero-order valence-electron chi connectivity index (χ0n) is 14.5. The molecule has 0 amide bonds. The van der Waals surface area contributed by atoms with E-state index in [-0.39, 0.29) is 5.92 Å². The first-order valence-electron chi connectivity index (χ1n) is 8.95. The van der Waals surface area contributed by atoms with Crippen LogP contribution in [0.1, 0.15) is 42.4 Å². The van der Waals surface area contributed by atoms with Crippen molar-refractivity contribution in [1.29, 1.82) is 0 Å². The third-order valence-corrected chi connectivity index (χ3v) is 5.98. The summed E-state index contributed by atoms with van der Waals surface area (Å²) >= 11 is 0. The number of fused-ring (bicyclic) bond motifs is 1. The highest BCUT2D eigenvalue weighted by molar-refractivity contribution is 5.76. The van der Waals surface area contributed by atoms with E-state index in [2.05, 4.69) is 44.3 Å². The fraction of sp³-hybridized carbons (Fsp3) is 0.526. The molecule has 132 valence electrons. The number of H-pyrrole nitrogens is 1. The maximum absolute atomic E-state index is 12.1. The van der Waals surface area contributed by atoms with Crippen LogP contribution in [0.3, 0.4) is 0 Å². The number of likely N-dealkylation sites (tertiary alicyclic amines) is 1. The molecule has 2 heterocycles. The Kier molecular flexibility index (Phi) is 4.07. The monoisotopic (exact) mass is 340 g/mol. The molecular formula is C19H24N4O2. The molecule has 1 saturated heterocycles. The van der Waals surface area contributed by atoms with Crippen molar-refractivity contribution in [2.75, 3.05) is 13.1 Å². The largest absolute Gasteiger partial charge is 0.481 e. The van der Waals surface area contributed by atoms with Crippen molar-refractivity contribution in [3.05, 3.63) is 47.5 Å². The molecule has 0 radical (unpaired) electrons. The Morgan fingerprint density at radius 2 is 2.20 bits per heavy atom. The second-order valence-electron chi connectivity index (χ2n) is 7.55. The van der Waals surface area contributed by atoms with Crippen LogP contribution >= 0.6 is 0 Å². The fourth-order valence-corrected chi connectivity index (χ4v) is 4.71. The lowest BCUT2D eigenvalue weighted by atomic mass is 9.64.